The number of hydrogen-bond donors (Lipinski definition) is 1. The number of aromatic nitrogens is 3. The summed E-state index contributed by atoms with van der Waals surface area (Å²) in [6.07, 6.45) is 4.79. The van der Waals surface area contributed by atoms with Gasteiger partial charge >= 0.3 is 0 Å². The van der Waals surface area contributed by atoms with E-state index in [0.717, 1.165) is 38.2 Å². The molecule has 31 heavy (non-hydrogen) atoms. The summed E-state index contributed by atoms with van der Waals surface area (Å²) in [5.74, 6) is 1.30. The van der Waals surface area contributed by atoms with Gasteiger partial charge in [0.15, 0.2) is 11.6 Å². The maximum atomic E-state index is 6.16. The van der Waals surface area contributed by atoms with E-state index < -0.39 is 3.79 Å². The van der Waals surface area contributed by atoms with Gasteiger partial charge in [-0.05, 0) is 49.9 Å². The van der Waals surface area contributed by atoms with Crippen LogP contribution in [0.2, 0.25) is 0 Å². The van der Waals surface area contributed by atoms with Gasteiger partial charge in [-0.15, -0.1) is 12.4 Å². The summed E-state index contributed by atoms with van der Waals surface area (Å²) >= 11 is 18.5. The summed E-state index contributed by atoms with van der Waals surface area (Å²) in [4.78, 5) is 18.4. The first-order valence-electron chi connectivity index (χ1n) is 10.2. The van der Waals surface area contributed by atoms with E-state index in [0.29, 0.717) is 23.9 Å². The lowest BCUT2D eigenvalue weighted by Crippen LogP contribution is -2.61. The van der Waals surface area contributed by atoms with Crippen molar-refractivity contribution in [2.24, 2.45) is 0 Å². The molecule has 1 aromatic carbocycles. The second kappa shape index (κ2) is 9.81. The van der Waals surface area contributed by atoms with Crippen LogP contribution in [0.4, 0.5) is 11.6 Å². The van der Waals surface area contributed by atoms with Crippen molar-refractivity contribution in [3.05, 3.63) is 30.1 Å². The van der Waals surface area contributed by atoms with Gasteiger partial charge in [0, 0.05) is 49.5 Å². The second-order valence-corrected chi connectivity index (χ2v) is 10.3. The molecule has 3 N–H and O–H groups in total. The van der Waals surface area contributed by atoms with Gasteiger partial charge in [-0.2, -0.15) is 9.97 Å². The van der Waals surface area contributed by atoms with Crippen LogP contribution in [0.3, 0.4) is 0 Å². The van der Waals surface area contributed by atoms with Crippen molar-refractivity contribution in [2.75, 3.05) is 36.0 Å². The summed E-state index contributed by atoms with van der Waals surface area (Å²) in [6.45, 7) is 4.01. The monoisotopic (exact) mass is 506 g/mol. The first-order chi connectivity index (χ1) is 14.0. The largest absolute Gasteiger partial charge is 0.412 e. The summed E-state index contributed by atoms with van der Waals surface area (Å²) in [5, 5.41) is 3.55. The molecule has 7 nitrogen and oxygen atoms in total. The van der Waals surface area contributed by atoms with E-state index >= 15 is 0 Å². The van der Waals surface area contributed by atoms with Crippen LogP contribution in [0.1, 0.15) is 31.5 Å². The van der Waals surface area contributed by atoms with Gasteiger partial charge < -0.3 is 20.6 Å². The third-order valence-electron chi connectivity index (χ3n) is 6.08. The third-order valence-corrected chi connectivity index (χ3v) is 6.59. The fraction of sp³-hybridized carbons (Fsp3) is 0.550. The Labute approximate surface area is 203 Å². The number of benzene rings is 1. The molecule has 4 saturated heterocycles. The number of rotatable bonds is 3. The summed E-state index contributed by atoms with van der Waals surface area (Å²) < 4.78 is -1.70. The van der Waals surface area contributed by atoms with Gasteiger partial charge in [-0.1, -0.05) is 34.8 Å². The molecule has 0 aliphatic carbocycles. The minimum atomic E-state index is -1.70. The highest BCUT2D eigenvalue weighted by Crippen LogP contribution is 2.38. The van der Waals surface area contributed by atoms with E-state index in [9.17, 15) is 0 Å². The van der Waals surface area contributed by atoms with Gasteiger partial charge in [0.2, 0.25) is 9.74 Å². The predicted molar refractivity (Wildman–Crippen MR) is 129 cm³/mol. The number of nitrogens with zero attached hydrogens (tertiary/aromatic N) is 5. The number of hydrogen-bond acceptors (Lipinski definition) is 6. The van der Waals surface area contributed by atoms with Crippen LogP contribution in [-0.2, 0) is 3.79 Å². The SMILES string of the molecule is Cl.ClC(Cl)(Cl)c1nc(-c2ccc(N3CCCC3)cc2)nc(N2CC3CCC2CN3)n1.O. The smallest absolute Gasteiger partial charge is 0.250 e. The Kier molecular flexibility index (Phi) is 7.77. The molecule has 0 amide bonds. The summed E-state index contributed by atoms with van der Waals surface area (Å²) in [7, 11) is 0. The number of piperazine rings is 1. The van der Waals surface area contributed by atoms with Crippen LogP contribution in [0.5, 0.6) is 0 Å². The number of nitrogens with one attached hydrogen (secondary N) is 1. The van der Waals surface area contributed by atoms with E-state index in [1.165, 1.54) is 24.9 Å². The minimum absolute atomic E-state index is 0. The van der Waals surface area contributed by atoms with E-state index in [1.807, 2.05) is 12.1 Å². The van der Waals surface area contributed by atoms with Crippen molar-refractivity contribution in [1.82, 2.24) is 20.3 Å². The lowest BCUT2D eigenvalue weighted by Gasteiger charge is -2.46. The molecule has 2 aromatic rings. The molecule has 5 heterocycles. The van der Waals surface area contributed by atoms with Gasteiger partial charge in [-0.25, -0.2) is 4.98 Å². The second-order valence-electron chi connectivity index (χ2n) is 8.01. The van der Waals surface area contributed by atoms with Crippen LogP contribution in [0, 0.1) is 0 Å². The number of anilines is 2. The number of piperidine rings is 2. The standard InChI is InChI=1S/C20H23Cl3N6.ClH.H2O/c21-20(22,23)18-25-17(13-3-6-15(7-4-13)28-9-1-2-10-28)26-19(27-18)29-12-14-5-8-16(29)11-24-14;;/h3-4,6-7,14,16,24H,1-2,5,8-12H2;1H;1H2. The molecule has 2 unspecified atom stereocenters. The molecule has 170 valence electrons. The molecule has 0 saturated carbocycles. The normalized spacial score (nSPS) is 22.8. The highest BCUT2D eigenvalue weighted by atomic mass is 35.6. The first kappa shape index (κ1) is 24.6. The number of fused-ring (bicyclic) bond motifs is 3. The van der Waals surface area contributed by atoms with Crippen molar-refractivity contribution >= 4 is 58.8 Å². The molecule has 6 rings (SSSR count). The van der Waals surface area contributed by atoms with Crippen molar-refractivity contribution < 1.29 is 5.48 Å². The Balaban J connectivity index is 0.00000136. The van der Waals surface area contributed by atoms with E-state index in [2.05, 4.69) is 37.2 Å². The minimum Gasteiger partial charge on any atom is -0.412 e. The molecule has 0 radical (unpaired) electrons. The van der Waals surface area contributed by atoms with Gasteiger partial charge in [0.1, 0.15) is 0 Å². The van der Waals surface area contributed by atoms with Crippen LogP contribution < -0.4 is 15.1 Å². The highest BCUT2D eigenvalue weighted by Gasteiger charge is 2.36. The fourth-order valence-corrected chi connectivity index (χ4v) is 4.75. The lowest BCUT2D eigenvalue weighted by molar-refractivity contribution is 0.287. The molecular formula is C20H26Cl4N6O. The molecule has 2 bridgehead atoms. The van der Waals surface area contributed by atoms with Crippen LogP contribution in [0.15, 0.2) is 24.3 Å². The Morgan fingerprint density at radius 1 is 0.968 bits per heavy atom. The Morgan fingerprint density at radius 3 is 2.23 bits per heavy atom. The van der Waals surface area contributed by atoms with Crippen molar-refractivity contribution in [1.29, 1.82) is 0 Å². The van der Waals surface area contributed by atoms with Crippen molar-refractivity contribution in [3.8, 4) is 11.4 Å². The molecule has 11 heteroatoms. The highest BCUT2D eigenvalue weighted by molar-refractivity contribution is 6.66. The van der Waals surface area contributed by atoms with Gasteiger partial charge in [0.25, 0.3) is 0 Å². The molecule has 4 aliphatic rings. The van der Waals surface area contributed by atoms with E-state index in [-0.39, 0.29) is 23.7 Å². The average Bonchev–Trinajstić information content (AvgIpc) is 3.29. The number of alkyl halides is 3. The lowest BCUT2D eigenvalue weighted by atomic mass is 9.93. The molecule has 4 aliphatic heterocycles. The first-order valence-corrected chi connectivity index (χ1v) is 11.3. The summed E-state index contributed by atoms with van der Waals surface area (Å²) in [6, 6.07) is 9.13. The third kappa shape index (κ3) is 5.13. The molecule has 4 fully saturated rings. The molecule has 1 aromatic heterocycles. The topological polar surface area (TPSA) is 88.7 Å². The maximum Gasteiger partial charge on any atom is 0.250 e. The molecule has 0 spiro atoms. The molecular weight excluding hydrogens is 482 g/mol. The quantitative estimate of drug-likeness (QED) is 0.639. The Bertz CT molecular complexity index is 880. The van der Waals surface area contributed by atoms with Gasteiger partial charge in [-0.3, -0.25) is 0 Å². The van der Waals surface area contributed by atoms with Crippen molar-refractivity contribution in [2.45, 2.75) is 41.6 Å². The zero-order valence-corrected chi connectivity index (χ0v) is 20.0. The zero-order chi connectivity index (χ0) is 20.0. The fourth-order valence-electron chi connectivity index (χ4n) is 4.50. The van der Waals surface area contributed by atoms with Crippen molar-refractivity contribution in [3.63, 3.8) is 0 Å². The van der Waals surface area contributed by atoms with E-state index in [1.54, 1.807) is 0 Å². The van der Waals surface area contributed by atoms with Crippen LogP contribution in [-0.4, -0.2) is 58.7 Å². The average molecular weight is 508 g/mol. The zero-order valence-electron chi connectivity index (χ0n) is 16.9. The number of halogens is 4. The summed E-state index contributed by atoms with van der Waals surface area (Å²) in [5.41, 5.74) is 2.12. The van der Waals surface area contributed by atoms with Crippen LogP contribution >= 0.6 is 47.2 Å². The van der Waals surface area contributed by atoms with Gasteiger partial charge in [0.05, 0.1) is 0 Å². The molecule has 2 atom stereocenters. The maximum absolute atomic E-state index is 6.16. The predicted octanol–water partition coefficient (Wildman–Crippen LogP) is 3.50. The Morgan fingerprint density at radius 2 is 1.68 bits per heavy atom. The Hall–Kier alpha value is -1.09. The van der Waals surface area contributed by atoms with E-state index in [4.69, 9.17) is 39.8 Å². The van der Waals surface area contributed by atoms with Crippen LogP contribution in [0.25, 0.3) is 11.4 Å².